The maximum Gasteiger partial charge on any atom is 0.255 e. The summed E-state index contributed by atoms with van der Waals surface area (Å²) in [6, 6.07) is 13.3. The van der Waals surface area contributed by atoms with Gasteiger partial charge in [0.25, 0.3) is 5.91 Å². The number of ether oxygens (including phenoxy) is 1. The summed E-state index contributed by atoms with van der Waals surface area (Å²) in [5.41, 5.74) is 3.70. The third-order valence-corrected chi connectivity index (χ3v) is 6.57. The number of piperidine rings is 1. The molecule has 2 aromatic rings. The van der Waals surface area contributed by atoms with Gasteiger partial charge in [0.15, 0.2) is 0 Å². The summed E-state index contributed by atoms with van der Waals surface area (Å²) in [5.74, 6) is -0.234. The Balaban J connectivity index is 0.00000274. The second-order valence-electron chi connectivity index (χ2n) is 8.81. The Morgan fingerprint density at radius 1 is 0.971 bits per heavy atom. The summed E-state index contributed by atoms with van der Waals surface area (Å²) in [4.78, 5) is 40.7. The van der Waals surface area contributed by atoms with Crippen molar-refractivity contribution in [1.29, 1.82) is 0 Å². The number of nitrogens with zero attached hydrogens (tertiary/aromatic N) is 2. The van der Waals surface area contributed by atoms with E-state index in [0.717, 1.165) is 43.9 Å². The normalized spacial score (nSPS) is 20.5. The highest BCUT2D eigenvalue weighted by Crippen LogP contribution is 2.34. The molecule has 3 amide bonds. The summed E-state index contributed by atoms with van der Waals surface area (Å²) >= 11 is 0. The van der Waals surface area contributed by atoms with Gasteiger partial charge in [-0.25, -0.2) is 0 Å². The molecule has 9 heteroatoms. The molecular weight excluding hydrogens is 456 g/mol. The molecule has 0 radical (unpaired) electrons. The van der Waals surface area contributed by atoms with Crippen LogP contribution < -0.4 is 15.4 Å². The standard InChI is InChI=1S/C25H28N4O4.ClH/c30-23-9-8-21(24(31)27-23)29-15-20-19(25(29)32)2-1-3-22(20)33-16-18-6-4-17(5-7-18)14-28-12-10-26-11-13-28;/h1-7,21,26H,8-16H2,(H,27,30,31);1H. The second-order valence-corrected chi connectivity index (χ2v) is 8.81. The van der Waals surface area contributed by atoms with Crippen LogP contribution in [-0.2, 0) is 29.3 Å². The Hall–Kier alpha value is -2.94. The van der Waals surface area contributed by atoms with Gasteiger partial charge < -0.3 is 15.0 Å². The predicted octanol–water partition coefficient (Wildman–Crippen LogP) is 1.85. The van der Waals surface area contributed by atoms with Crippen LogP contribution in [0.3, 0.4) is 0 Å². The van der Waals surface area contributed by atoms with Gasteiger partial charge in [0.1, 0.15) is 18.4 Å². The first-order valence-corrected chi connectivity index (χ1v) is 11.5. The van der Waals surface area contributed by atoms with Gasteiger partial charge in [-0.05, 0) is 29.7 Å². The van der Waals surface area contributed by atoms with Gasteiger partial charge in [0.2, 0.25) is 11.8 Å². The van der Waals surface area contributed by atoms with Crippen LogP contribution in [0.2, 0.25) is 0 Å². The molecule has 2 fully saturated rings. The summed E-state index contributed by atoms with van der Waals surface area (Å²) in [6.45, 7) is 5.87. The van der Waals surface area contributed by atoms with Crippen LogP contribution in [0, 0.1) is 0 Å². The number of hydrogen-bond acceptors (Lipinski definition) is 6. The average Bonchev–Trinajstić information content (AvgIpc) is 3.16. The number of amides is 3. The molecule has 0 bridgehead atoms. The molecule has 3 aliphatic rings. The van der Waals surface area contributed by atoms with Gasteiger partial charge in [0.05, 0.1) is 6.54 Å². The van der Waals surface area contributed by atoms with Crippen LogP contribution in [0.25, 0.3) is 0 Å². The number of fused-ring (bicyclic) bond motifs is 1. The van der Waals surface area contributed by atoms with Crippen LogP contribution in [0.1, 0.15) is 39.9 Å². The first kappa shape index (κ1) is 24.2. The Bertz CT molecular complexity index is 1070. The maximum absolute atomic E-state index is 12.9. The number of halogens is 1. The van der Waals surface area contributed by atoms with E-state index in [0.29, 0.717) is 30.9 Å². The van der Waals surface area contributed by atoms with Crippen molar-refractivity contribution in [2.24, 2.45) is 0 Å². The largest absolute Gasteiger partial charge is 0.489 e. The number of benzene rings is 2. The molecule has 3 heterocycles. The average molecular weight is 485 g/mol. The van der Waals surface area contributed by atoms with Crippen molar-refractivity contribution in [2.75, 3.05) is 26.2 Å². The topological polar surface area (TPSA) is 91.0 Å². The third kappa shape index (κ3) is 5.09. The molecule has 0 aliphatic carbocycles. The van der Waals surface area contributed by atoms with Crippen LogP contribution in [0.15, 0.2) is 42.5 Å². The summed E-state index contributed by atoms with van der Waals surface area (Å²) < 4.78 is 6.10. The lowest BCUT2D eigenvalue weighted by Crippen LogP contribution is -2.52. The van der Waals surface area contributed by atoms with Crippen LogP contribution in [0.4, 0.5) is 0 Å². The quantitative estimate of drug-likeness (QED) is 0.608. The zero-order valence-corrected chi connectivity index (χ0v) is 19.7. The Kier molecular flexibility index (Phi) is 7.50. The SMILES string of the molecule is Cl.O=C1CCC(N2Cc3c(OCc4ccc(CN5CCNCC5)cc4)cccc3C2=O)C(=O)N1. The molecule has 8 nitrogen and oxygen atoms in total. The van der Waals surface area contributed by atoms with Crippen molar-refractivity contribution in [3.05, 3.63) is 64.7 Å². The van der Waals surface area contributed by atoms with E-state index in [1.165, 1.54) is 5.56 Å². The third-order valence-electron chi connectivity index (χ3n) is 6.57. The zero-order valence-electron chi connectivity index (χ0n) is 18.9. The van der Waals surface area contributed by atoms with E-state index in [2.05, 4.69) is 39.8 Å². The molecule has 1 unspecified atom stereocenters. The van der Waals surface area contributed by atoms with Crippen molar-refractivity contribution in [1.82, 2.24) is 20.4 Å². The first-order valence-electron chi connectivity index (χ1n) is 11.5. The fourth-order valence-electron chi connectivity index (χ4n) is 4.72. The highest BCUT2D eigenvalue weighted by molar-refractivity contribution is 6.05. The lowest BCUT2D eigenvalue weighted by atomic mass is 10.0. The van der Waals surface area contributed by atoms with Crippen molar-refractivity contribution in [3.8, 4) is 5.75 Å². The van der Waals surface area contributed by atoms with Crippen molar-refractivity contribution >= 4 is 30.1 Å². The molecule has 0 spiro atoms. The lowest BCUT2D eigenvalue weighted by molar-refractivity contribution is -0.136. The van der Waals surface area contributed by atoms with Crippen LogP contribution in [0.5, 0.6) is 5.75 Å². The molecule has 0 saturated carbocycles. The van der Waals surface area contributed by atoms with Gasteiger partial charge >= 0.3 is 0 Å². The smallest absolute Gasteiger partial charge is 0.255 e. The first-order chi connectivity index (χ1) is 16.1. The fourth-order valence-corrected chi connectivity index (χ4v) is 4.72. The highest BCUT2D eigenvalue weighted by Gasteiger charge is 2.40. The molecule has 34 heavy (non-hydrogen) atoms. The Labute approximate surface area is 205 Å². The minimum Gasteiger partial charge on any atom is -0.489 e. The number of piperazine rings is 1. The number of carbonyl (C=O) groups is 3. The number of hydrogen-bond donors (Lipinski definition) is 2. The number of nitrogens with one attached hydrogen (secondary N) is 2. The van der Waals surface area contributed by atoms with Gasteiger partial charge in [-0.2, -0.15) is 0 Å². The number of carbonyl (C=O) groups excluding carboxylic acids is 3. The predicted molar refractivity (Wildman–Crippen MR) is 129 cm³/mol. The summed E-state index contributed by atoms with van der Waals surface area (Å²) in [6.07, 6.45) is 0.589. The van der Waals surface area contributed by atoms with E-state index in [1.807, 2.05) is 6.07 Å². The van der Waals surface area contributed by atoms with Gasteiger partial charge in [-0.3, -0.25) is 24.6 Å². The molecule has 5 rings (SSSR count). The highest BCUT2D eigenvalue weighted by atomic mass is 35.5. The van der Waals surface area contributed by atoms with Gasteiger partial charge in [-0.1, -0.05) is 30.3 Å². The van der Waals surface area contributed by atoms with Crippen molar-refractivity contribution < 1.29 is 19.1 Å². The number of imide groups is 1. The minimum absolute atomic E-state index is 0. The van der Waals surface area contributed by atoms with E-state index >= 15 is 0 Å². The maximum atomic E-state index is 12.9. The number of rotatable bonds is 6. The van der Waals surface area contributed by atoms with E-state index in [-0.39, 0.29) is 30.6 Å². The fraction of sp³-hybridized carbons (Fsp3) is 0.400. The molecular formula is C25H29ClN4O4. The Morgan fingerprint density at radius 3 is 2.44 bits per heavy atom. The molecule has 2 N–H and O–H groups in total. The van der Waals surface area contributed by atoms with E-state index in [9.17, 15) is 14.4 Å². The summed E-state index contributed by atoms with van der Waals surface area (Å²) in [7, 11) is 0. The molecule has 2 aromatic carbocycles. The molecule has 2 saturated heterocycles. The van der Waals surface area contributed by atoms with Gasteiger partial charge in [-0.15, -0.1) is 12.4 Å². The van der Waals surface area contributed by atoms with Crippen LogP contribution in [-0.4, -0.2) is 59.7 Å². The van der Waals surface area contributed by atoms with E-state index in [1.54, 1.807) is 17.0 Å². The molecule has 0 aromatic heterocycles. The molecule has 3 aliphatic heterocycles. The minimum atomic E-state index is -0.626. The monoisotopic (exact) mass is 484 g/mol. The van der Waals surface area contributed by atoms with Crippen molar-refractivity contribution in [2.45, 2.75) is 38.6 Å². The molecule has 1 atom stereocenters. The van der Waals surface area contributed by atoms with E-state index < -0.39 is 11.9 Å². The van der Waals surface area contributed by atoms with Crippen molar-refractivity contribution in [3.63, 3.8) is 0 Å². The van der Waals surface area contributed by atoms with Gasteiger partial charge in [0, 0.05) is 50.3 Å². The molecule has 180 valence electrons. The second kappa shape index (κ2) is 10.5. The van der Waals surface area contributed by atoms with E-state index in [4.69, 9.17) is 4.74 Å². The lowest BCUT2D eigenvalue weighted by Gasteiger charge is -2.29. The van der Waals surface area contributed by atoms with Crippen LogP contribution >= 0.6 is 12.4 Å². The zero-order chi connectivity index (χ0) is 22.8. The Morgan fingerprint density at radius 2 is 1.71 bits per heavy atom. The summed E-state index contributed by atoms with van der Waals surface area (Å²) in [5, 5.41) is 5.71.